The lowest BCUT2D eigenvalue weighted by Gasteiger charge is -2.23. The van der Waals surface area contributed by atoms with E-state index < -0.39 is 0 Å². The van der Waals surface area contributed by atoms with Crippen LogP contribution in [0.1, 0.15) is 32.1 Å². The summed E-state index contributed by atoms with van der Waals surface area (Å²) in [7, 11) is 0. The third-order valence-corrected chi connectivity index (χ3v) is 4.22. The van der Waals surface area contributed by atoms with E-state index in [0.29, 0.717) is 9.50 Å². The average molecular weight is 321 g/mol. The Labute approximate surface area is 115 Å². The molecule has 17 heavy (non-hydrogen) atoms. The van der Waals surface area contributed by atoms with E-state index in [0.717, 1.165) is 18.2 Å². The molecule has 1 aliphatic carbocycles. The molecule has 0 bridgehead atoms. The first-order chi connectivity index (χ1) is 8.16. The lowest BCUT2D eigenvalue weighted by Crippen LogP contribution is -2.17. The minimum absolute atomic E-state index is 0.315. The molecule has 0 aliphatic heterocycles. The minimum Gasteiger partial charge on any atom is -0.383 e. The summed E-state index contributed by atoms with van der Waals surface area (Å²) in [6.07, 6.45) is 6.57. The minimum atomic E-state index is -0.315. The fraction of sp³-hybridized carbons (Fsp3) is 0.538. The fourth-order valence-corrected chi connectivity index (χ4v) is 3.31. The number of nitrogens with one attached hydrogen (secondary N) is 1. The van der Waals surface area contributed by atoms with Crippen LogP contribution in [-0.4, -0.2) is 6.54 Å². The topological polar surface area (TPSA) is 12.0 Å². The molecule has 2 rings (SSSR count). The van der Waals surface area contributed by atoms with Crippen molar-refractivity contribution in [2.45, 2.75) is 32.1 Å². The van der Waals surface area contributed by atoms with Gasteiger partial charge in [-0.2, -0.15) is 0 Å². The van der Waals surface area contributed by atoms with Crippen molar-refractivity contribution in [3.05, 3.63) is 27.4 Å². The highest BCUT2D eigenvalue weighted by Gasteiger charge is 2.14. The van der Waals surface area contributed by atoms with Gasteiger partial charge in [-0.3, -0.25) is 0 Å². The van der Waals surface area contributed by atoms with Crippen molar-refractivity contribution in [1.29, 1.82) is 0 Å². The SMILES string of the molecule is Fc1cc(Cl)c(NCC2CCCCC2)c(Br)c1. The van der Waals surface area contributed by atoms with Crippen molar-refractivity contribution < 1.29 is 4.39 Å². The smallest absolute Gasteiger partial charge is 0.125 e. The van der Waals surface area contributed by atoms with Crippen LogP contribution in [0.4, 0.5) is 10.1 Å². The van der Waals surface area contributed by atoms with Crippen molar-refractivity contribution in [3.8, 4) is 0 Å². The molecular formula is C13H16BrClFN. The highest BCUT2D eigenvalue weighted by atomic mass is 79.9. The summed E-state index contributed by atoms with van der Waals surface area (Å²) in [5.74, 6) is 0.405. The van der Waals surface area contributed by atoms with E-state index in [1.165, 1.54) is 44.2 Å². The Morgan fingerprint density at radius 1 is 1.29 bits per heavy atom. The quantitative estimate of drug-likeness (QED) is 0.803. The highest BCUT2D eigenvalue weighted by Crippen LogP contribution is 2.32. The zero-order chi connectivity index (χ0) is 12.3. The lowest BCUT2D eigenvalue weighted by atomic mass is 9.89. The summed E-state index contributed by atoms with van der Waals surface area (Å²) in [6, 6.07) is 2.78. The maximum atomic E-state index is 13.1. The van der Waals surface area contributed by atoms with Crippen LogP contribution in [0.3, 0.4) is 0 Å². The second-order valence-corrected chi connectivity index (χ2v) is 5.89. The molecule has 0 saturated heterocycles. The Morgan fingerprint density at radius 3 is 2.65 bits per heavy atom. The Kier molecular flexibility index (Phi) is 4.69. The molecule has 94 valence electrons. The molecule has 0 amide bonds. The van der Waals surface area contributed by atoms with Crippen molar-refractivity contribution in [2.75, 3.05) is 11.9 Å². The van der Waals surface area contributed by atoms with Gasteiger partial charge in [-0.15, -0.1) is 0 Å². The first-order valence-electron chi connectivity index (χ1n) is 6.05. The molecule has 1 aromatic carbocycles. The Bertz CT molecular complexity index is 368. The molecule has 1 aliphatic rings. The van der Waals surface area contributed by atoms with Crippen LogP contribution in [0.5, 0.6) is 0 Å². The number of benzene rings is 1. The number of anilines is 1. The summed E-state index contributed by atoms with van der Waals surface area (Å²) in [6.45, 7) is 0.921. The van der Waals surface area contributed by atoms with Crippen LogP contribution in [-0.2, 0) is 0 Å². The Balaban J connectivity index is 1.98. The van der Waals surface area contributed by atoms with Gasteiger partial charge in [-0.05, 0) is 46.8 Å². The van der Waals surface area contributed by atoms with Crippen LogP contribution < -0.4 is 5.32 Å². The van der Waals surface area contributed by atoms with E-state index in [1.807, 2.05) is 0 Å². The predicted octanol–water partition coefficient (Wildman–Crippen LogP) is 5.23. The van der Waals surface area contributed by atoms with Gasteiger partial charge in [0, 0.05) is 11.0 Å². The number of hydrogen-bond donors (Lipinski definition) is 1. The molecule has 1 N–H and O–H groups in total. The molecule has 0 radical (unpaired) electrons. The zero-order valence-electron chi connectivity index (χ0n) is 9.61. The molecule has 0 atom stereocenters. The Morgan fingerprint density at radius 2 is 2.00 bits per heavy atom. The Hall–Kier alpha value is -0.280. The molecule has 1 fully saturated rings. The molecule has 1 saturated carbocycles. The van der Waals surface area contributed by atoms with Gasteiger partial charge in [-0.25, -0.2) is 4.39 Å². The summed E-state index contributed by atoms with van der Waals surface area (Å²) >= 11 is 9.36. The van der Waals surface area contributed by atoms with E-state index in [9.17, 15) is 4.39 Å². The first-order valence-corrected chi connectivity index (χ1v) is 7.22. The van der Waals surface area contributed by atoms with E-state index in [2.05, 4.69) is 21.2 Å². The van der Waals surface area contributed by atoms with Crippen molar-refractivity contribution >= 4 is 33.2 Å². The summed E-state index contributed by atoms with van der Waals surface area (Å²) in [5, 5.41) is 3.77. The van der Waals surface area contributed by atoms with Crippen molar-refractivity contribution in [3.63, 3.8) is 0 Å². The van der Waals surface area contributed by atoms with Gasteiger partial charge >= 0.3 is 0 Å². The van der Waals surface area contributed by atoms with E-state index in [4.69, 9.17) is 11.6 Å². The number of hydrogen-bond acceptors (Lipinski definition) is 1. The molecular weight excluding hydrogens is 305 g/mol. The maximum Gasteiger partial charge on any atom is 0.125 e. The number of rotatable bonds is 3. The molecule has 4 heteroatoms. The molecule has 1 aromatic rings. The van der Waals surface area contributed by atoms with Gasteiger partial charge in [-0.1, -0.05) is 30.9 Å². The maximum absolute atomic E-state index is 13.1. The largest absolute Gasteiger partial charge is 0.383 e. The molecule has 0 aromatic heterocycles. The van der Waals surface area contributed by atoms with Gasteiger partial charge in [0.25, 0.3) is 0 Å². The standard InChI is InChI=1S/C13H16BrClFN/c14-11-6-10(16)7-12(15)13(11)17-8-9-4-2-1-3-5-9/h6-7,9,17H,1-5,8H2. The van der Waals surface area contributed by atoms with Gasteiger partial charge in [0.1, 0.15) is 5.82 Å². The number of halogens is 3. The van der Waals surface area contributed by atoms with Crippen LogP contribution in [0.2, 0.25) is 5.02 Å². The summed E-state index contributed by atoms with van der Waals surface area (Å²) in [5.41, 5.74) is 0.804. The van der Waals surface area contributed by atoms with Crippen LogP contribution >= 0.6 is 27.5 Å². The summed E-state index contributed by atoms with van der Waals surface area (Å²) in [4.78, 5) is 0. The predicted molar refractivity (Wildman–Crippen MR) is 74.2 cm³/mol. The fourth-order valence-electron chi connectivity index (χ4n) is 2.35. The van der Waals surface area contributed by atoms with Gasteiger partial charge in [0.15, 0.2) is 0 Å². The van der Waals surface area contributed by atoms with Crippen LogP contribution in [0.15, 0.2) is 16.6 Å². The van der Waals surface area contributed by atoms with E-state index in [1.54, 1.807) is 0 Å². The van der Waals surface area contributed by atoms with E-state index in [-0.39, 0.29) is 5.82 Å². The van der Waals surface area contributed by atoms with Gasteiger partial charge in [0.2, 0.25) is 0 Å². The molecule has 0 spiro atoms. The third-order valence-electron chi connectivity index (χ3n) is 3.30. The van der Waals surface area contributed by atoms with Crippen LogP contribution in [0.25, 0.3) is 0 Å². The normalized spacial score (nSPS) is 17.1. The second kappa shape index (κ2) is 6.05. The highest BCUT2D eigenvalue weighted by molar-refractivity contribution is 9.10. The molecule has 1 nitrogen and oxygen atoms in total. The van der Waals surface area contributed by atoms with Gasteiger partial charge in [0.05, 0.1) is 10.7 Å². The summed E-state index contributed by atoms with van der Waals surface area (Å²) < 4.78 is 13.8. The lowest BCUT2D eigenvalue weighted by molar-refractivity contribution is 0.373. The van der Waals surface area contributed by atoms with Gasteiger partial charge < -0.3 is 5.32 Å². The molecule has 0 heterocycles. The second-order valence-electron chi connectivity index (χ2n) is 4.63. The molecule has 0 unspecified atom stereocenters. The van der Waals surface area contributed by atoms with Crippen molar-refractivity contribution in [2.24, 2.45) is 5.92 Å². The average Bonchev–Trinajstić information content (AvgIpc) is 2.29. The zero-order valence-corrected chi connectivity index (χ0v) is 12.0. The van der Waals surface area contributed by atoms with Crippen LogP contribution in [0, 0.1) is 11.7 Å². The first kappa shape index (κ1) is 13.2. The van der Waals surface area contributed by atoms with E-state index >= 15 is 0 Å². The van der Waals surface area contributed by atoms with Crippen molar-refractivity contribution in [1.82, 2.24) is 0 Å². The monoisotopic (exact) mass is 319 g/mol. The third kappa shape index (κ3) is 3.59.